The van der Waals surface area contributed by atoms with E-state index in [1.165, 1.54) is 30.8 Å². The molecule has 1 aliphatic heterocycles. The van der Waals surface area contributed by atoms with E-state index in [0.29, 0.717) is 0 Å². The number of nitrogens with zero attached hydrogens (tertiary/aromatic N) is 2. The lowest BCUT2D eigenvalue weighted by atomic mass is 9.75. The highest BCUT2D eigenvalue weighted by Crippen LogP contribution is 2.36. The Morgan fingerprint density at radius 1 is 1.47 bits per heavy atom. The van der Waals surface area contributed by atoms with Crippen LogP contribution in [0.1, 0.15) is 31.9 Å². The Labute approximate surface area is 90.9 Å². The van der Waals surface area contributed by atoms with E-state index in [1.807, 2.05) is 0 Å². The molecule has 2 aliphatic rings. The van der Waals surface area contributed by atoms with Crippen LogP contribution in [0.2, 0.25) is 0 Å². The lowest BCUT2D eigenvalue weighted by Gasteiger charge is -2.36. The zero-order valence-electron chi connectivity index (χ0n) is 9.37. The van der Waals surface area contributed by atoms with Crippen LogP contribution in [-0.4, -0.2) is 16.3 Å². The smallest absolute Gasteiger partial charge is 0.124 e. The summed E-state index contributed by atoms with van der Waals surface area (Å²) in [5.74, 6) is 3.00. The summed E-state index contributed by atoms with van der Waals surface area (Å²) in [6, 6.07) is 2.19. The molecule has 3 rings (SSSR count). The number of fused-ring (bicyclic) bond motifs is 1. The van der Waals surface area contributed by atoms with Crippen molar-refractivity contribution >= 4 is 5.82 Å². The van der Waals surface area contributed by atoms with Gasteiger partial charge >= 0.3 is 0 Å². The average molecular weight is 205 g/mol. The summed E-state index contributed by atoms with van der Waals surface area (Å²) in [6.45, 7) is 4.45. The van der Waals surface area contributed by atoms with Gasteiger partial charge in [0.15, 0.2) is 0 Å². The topological polar surface area (TPSA) is 29.9 Å². The van der Waals surface area contributed by atoms with Crippen molar-refractivity contribution in [3.8, 4) is 0 Å². The summed E-state index contributed by atoms with van der Waals surface area (Å²) in [7, 11) is 0. The second-order valence-corrected chi connectivity index (χ2v) is 4.89. The number of hydrogen-bond acceptors (Lipinski definition) is 2. The molecule has 3 nitrogen and oxygen atoms in total. The third kappa shape index (κ3) is 1.54. The molecular weight excluding hydrogens is 186 g/mol. The van der Waals surface area contributed by atoms with E-state index >= 15 is 0 Å². The van der Waals surface area contributed by atoms with Crippen LogP contribution in [-0.2, 0) is 13.0 Å². The molecule has 1 atom stereocenters. The predicted octanol–water partition coefficient (Wildman–Crippen LogP) is 2.29. The van der Waals surface area contributed by atoms with E-state index in [9.17, 15) is 0 Å². The van der Waals surface area contributed by atoms with Crippen molar-refractivity contribution in [3.63, 3.8) is 0 Å². The van der Waals surface area contributed by atoms with Crippen LogP contribution in [0.3, 0.4) is 0 Å². The van der Waals surface area contributed by atoms with Crippen LogP contribution in [0.5, 0.6) is 0 Å². The molecule has 0 aromatic carbocycles. The van der Waals surface area contributed by atoms with Gasteiger partial charge in [0.2, 0.25) is 0 Å². The third-order valence-electron chi connectivity index (χ3n) is 3.96. The monoisotopic (exact) mass is 205 g/mol. The molecule has 0 spiro atoms. The number of rotatable bonds is 2. The van der Waals surface area contributed by atoms with Gasteiger partial charge in [0, 0.05) is 19.2 Å². The van der Waals surface area contributed by atoms with Crippen LogP contribution < -0.4 is 5.32 Å². The Kier molecular flexibility index (Phi) is 2.19. The van der Waals surface area contributed by atoms with Crippen molar-refractivity contribution in [2.45, 2.75) is 39.2 Å². The lowest BCUT2D eigenvalue weighted by molar-refractivity contribution is 0.184. The minimum atomic E-state index is 0.816. The Morgan fingerprint density at radius 2 is 2.33 bits per heavy atom. The molecule has 0 saturated heterocycles. The van der Waals surface area contributed by atoms with E-state index in [-0.39, 0.29) is 0 Å². The first-order valence-electron chi connectivity index (χ1n) is 6.17. The van der Waals surface area contributed by atoms with Gasteiger partial charge in [0.05, 0.1) is 5.69 Å². The second-order valence-electron chi connectivity index (χ2n) is 4.89. The summed E-state index contributed by atoms with van der Waals surface area (Å²) in [6.07, 6.45) is 5.34. The van der Waals surface area contributed by atoms with Crippen molar-refractivity contribution in [1.82, 2.24) is 9.78 Å². The number of anilines is 1. The molecule has 0 amide bonds. The molecule has 15 heavy (non-hydrogen) atoms. The fraction of sp³-hybridized carbons (Fsp3) is 0.750. The van der Waals surface area contributed by atoms with Gasteiger partial charge in [-0.3, -0.25) is 0 Å². The summed E-state index contributed by atoms with van der Waals surface area (Å²) < 4.78 is 2.17. The molecule has 1 aromatic heterocycles. The van der Waals surface area contributed by atoms with E-state index in [4.69, 9.17) is 0 Å². The normalized spacial score (nSPS) is 25.5. The molecule has 1 saturated carbocycles. The highest BCUT2D eigenvalue weighted by Gasteiger charge is 2.30. The lowest BCUT2D eigenvalue weighted by Crippen LogP contribution is -2.35. The van der Waals surface area contributed by atoms with E-state index in [0.717, 1.165) is 31.3 Å². The first kappa shape index (κ1) is 9.25. The molecule has 0 radical (unpaired) electrons. The van der Waals surface area contributed by atoms with Crippen molar-refractivity contribution in [2.75, 3.05) is 11.9 Å². The van der Waals surface area contributed by atoms with Gasteiger partial charge < -0.3 is 5.32 Å². The standard InChI is InChI=1S/C12H19N3/c1-2-11-6-12-13-7-10(8-15(12)14-11)9-4-3-5-9/h6,9-10,13H,2-5,7-8H2,1H3. The van der Waals surface area contributed by atoms with Crippen LogP contribution in [0.4, 0.5) is 5.82 Å². The molecule has 1 unspecified atom stereocenters. The third-order valence-corrected chi connectivity index (χ3v) is 3.96. The largest absolute Gasteiger partial charge is 0.370 e. The quantitative estimate of drug-likeness (QED) is 0.802. The Balaban J connectivity index is 1.76. The molecule has 2 heterocycles. The first-order valence-corrected chi connectivity index (χ1v) is 6.17. The second kappa shape index (κ2) is 3.54. The Hall–Kier alpha value is -0.990. The molecule has 3 heteroatoms. The minimum absolute atomic E-state index is 0.816. The Bertz CT molecular complexity index is 352. The first-order chi connectivity index (χ1) is 7.36. The van der Waals surface area contributed by atoms with Gasteiger partial charge in [-0.1, -0.05) is 26.2 Å². The van der Waals surface area contributed by atoms with Gasteiger partial charge in [0.1, 0.15) is 5.82 Å². The van der Waals surface area contributed by atoms with Crippen molar-refractivity contribution < 1.29 is 0 Å². The van der Waals surface area contributed by atoms with E-state index in [2.05, 4.69) is 28.1 Å². The SMILES string of the molecule is CCc1cc2n(n1)CC(C1CCC1)CN2. The van der Waals surface area contributed by atoms with Crippen LogP contribution in [0, 0.1) is 11.8 Å². The summed E-state index contributed by atoms with van der Waals surface area (Å²) >= 11 is 0. The average Bonchev–Trinajstić information content (AvgIpc) is 2.57. The molecule has 1 fully saturated rings. The van der Waals surface area contributed by atoms with Crippen LogP contribution in [0.25, 0.3) is 0 Å². The fourth-order valence-electron chi connectivity index (χ4n) is 2.67. The van der Waals surface area contributed by atoms with Gasteiger partial charge in [-0.25, -0.2) is 4.68 Å². The summed E-state index contributed by atoms with van der Waals surface area (Å²) in [5.41, 5.74) is 1.21. The van der Waals surface area contributed by atoms with Gasteiger partial charge in [-0.05, 0) is 18.3 Å². The summed E-state index contributed by atoms with van der Waals surface area (Å²) in [5, 5.41) is 8.13. The Morgan fingerprint density at radius 3 is 3.00 bits per heavy atom. The summed E-state index contributed by atoms with van der Waals surface area (Å²) in [4.78, 5) is 0. The van der Waals surface area contributed by atoms with Crippen molar-refractivity contribution in [2.24, 2.45) is 11.8 Å². The van der Waals surface area contributed by atoms with E-state index in [1.54, 1.807) is 0 Å². The maximum absolute atomic E-state index is 4.61. The van der Waals surface area contributed by atoms with Crippen LogP contribution in [0.15, 0.2) is 6.07 Å². The highest BCUT2D eigenvalue weighted by atomic mass is 15.3. The highest BCUT2D eigenvalue weighted by molar-refractivity contribution is 5.38. The zero-order chi connectivity index (χ0) is 10.3. The molecule has 1 aliphatic carbocycles. The predicted molar refractivity (Wildman–Crippen MR) is 60.9 cm³/mol. The molecular formula is C12H19N3. The van der Waals surface area contributed by atoms with Crippen molar-refractivity contribution in [3.05, 3.63) is 11.8 Å². The maximum atomic E-state index is 4.61. The number of nitrogens with one attached hydrogen (secondary N) is 1. The fourth-order valence-corrected chi connectivity index (χ4v) is 2.67. The van der Waals surface area contributed by atoms with E-state index < -0.39 is 0 Å². The molecule has 0 bridgehead atoms. The van der Waals surface area contributed by atoms with Crippen LogP contribution >= 0.6 is 0 Å². The molecule has 1 N–H and O–H groups in total. The molecule has 1 aromatic rings. The minimum Gasteiger partial charge on any atom is -0.370 e. The number of aryl methyl sites for hydroxylation is 1. The maximum Gasteiger partial charge on any atom is 0.124 e. The number of hydrogen-bond donors (Lipinski definition) is 1. The molecule has 82 valence electrons. The van der Waals surface area contributed by atoms with Gasteiger partial charge in [-0.15, -0.1) is 0 Å². The van der Waals surface area contributed by atoms with Gasteiger partial charge in [-0.2, -0.15) is 5.10 Å². The van der Waals surface area contributed by atoms with Gasteiger partial charge in [0.25, 0.3) is 0 Å². The number of aromatic nitrogens is 2. The van der Waals surface area contributed by atoms with Crippen molar-refractivity contribution in [1.29, 1.82) is 0 Å². The zero-order valence-corrected chi connectivity index (χ0v) is 9.37.